The van der Waals surface area contributed by atoms with Crippen molar-refractivity contribution in [3.8, 4) is 0 Å². The van der Waals surface area contributed by atoms with Crippen LogP contribution >= 0.6 is 15.9 Å². The molecule has 0 bridgehead atoms. The molecule has 2 aromatic rings. The molecule has 0 saturated heterocycles. The van der Waals surface area contributed by atoms with E-state index in [0.29, 0.717) is 5.69 Å². The van der Waals surface area contributed by atoms with Crippen LogP contribution in [0.5, 0.6) is 0 Å². The highest BCUT2D eigenvalue weighted by molar-refractivity contribution is 9.10. The molecule has 0 radical (unpaired) electrons. The molecule has 2 rings (SSSR count). The van der Waals surface area contributed by atoms with E-state index in [1.807, 2.05) is 32.0 Å². The Morgan fingerprint density at radius 2 is 2.05 bits per heavy atom. The molecule has 1 aromatic heterocycles. The minimum atomic E-state index is -0.322. The Kier molecular flexibility index (Phi) is 4.80. The molecule has 5 nitrogen and oxygen atoms in total. The van der Waals surface area contributed by atoms with Crippen molar-refractivity contribution < 1.29 is 9.59 Å². The van der Waals surface area contributed by atoms with Crippen LogP contribution in [0.3, 0.4) is 0 Å². The van der Waals surface area contributed by atoms with Crippen molar-refractivity contribution in [1.82, 2.24) is 10.3 Å². The fraction of sp³-hybridized carbons (Fsp3) is 0.200. The maximum atomic E-state index is 11.9. The second kappa shape index (κ2) is 6.58. The van der Waals surface area contributed by atoms with Crippen LogP contribution in [0.25, 0.3) is 0 Å². The molecular weight excluding hydrogens is 334 g/mol. The summed E-state index contributed by atoms with van der Waals surface area (Å²) >= 11 is 3.25. The van der Waals surface area contributed by atoms with Crippen molar-refractivity contribution in [2.45, 2.75) is 13.8 Å². The first-order valence-corrected chi connectivity index (χ1v) is 7.25. The summed E-state index contributed by atoms with van der Waals surface area (Å²) in [7, 11) is 0. The molecule has 0 aliphatic heterocycles. The number of rotatable bonds is 4. The highest BCUT2D eigenvalue weighted by Crippen LogP contribution is 2.17. The van der Waals surface area contributed by atoms with E-state index in [0.717, 1.165) is 21.3 Å². The number of nitrogens with one attached hydrogen (secondary N) is 3. The van der Waals surface area contributed by atoms with Gasteiger partial charge in [-0.1, -0.05) is 12.1 Å². The highest BCUT2D eigenvalue weighted by Gasteiger charge is 2.10. The van der Waals surface area contributed by atoms with Crippen LogP contribution in [0.15, 0.2) is 34.9 Å². The summed E-state index contributed by atoms with van der Waals surface area (Å²) in [4.78, 5) is 26.5. The lowest BCUT2D eigenvalue weighted by molar-refractivity contribution is -0.115. The van der Waals surface area contributed by atoms with E-state index < -0.39 is 0 Å². The third-order valence-electron chi connectivity index (χ3n) is 3.18. The van der Waals surface area contributed by atoms with Gasteiger partial charge in [0.1, 0.15) is 5.69 Å². The summed E-state index contributed by atoms with van der Waals surface area (Å²) < 4.78 is 0.785. The summed E-state index contributed by atoms with van der Waals surface area (Å²) in [5.74, 6) is -0.584. The van der Waals surface area contributed by atoms with Gasteiger partial charge in [-0.15, -0.1) is 0 Å². The Bertz CT molecular complexity index is 679. The molecule has 0 saturated carbocycles. The smallest absolute Gasteiger partial charge is 0.268 e. The normalized spacial score (nSPS) is 10.2. The molecule has 3 N–H and O–H groups in total. The van der Waals surface area contributed by atoms with Gasteiger partial charge >= 0.3 is 0 Å². The number of aromatic nitrogens is 1. The summed E-state index contributed by atoms with van der Waals surface area (Å²) in [6.07, 6.45) is 1.66. The number of amides is 2. The van der Waals surface area contributed by atoms with Crippen molar-refractivity contribution in [2.24, 2.45) is 0 Å². The van der Waals surface area contributed by atoms with Gasteiger partial charge in [-0.05, 0) is 53.0 Å². The number of aryl methyl sites for hydroxylation is 1. The number of hydrogen-bond donors (Lipinski definition) is 3. The van der Waals surface area contributed by atoms with Gasteiger partial charge in [-0.2, -0.15) is 0 Å². The Morgan fingerprint density at radius 3 is 2.71 bits per heavy atom. The van der Waals surface area contributed by atoms with Gasteiger partial charge < -0.3 is 15.6 Å². The first kappa shape index (κ1) is 15.3. The lowest BCUT2D eigenvalue weighted by atomic mass is 10.1. The molecular formula is C15H16BrN3O2. The van der Waals surface area contributed by atoms with Crippen LogP contribution in [0.1, 0.15) is 21.6 Å². The first-order valence-electron chi connectivity index (χ1n) is 6.45. The Balaban J connectivity index is 1.90. The minimum absolute atomic E-state index is 0.0805. The van der Waals surface area contributed by atoms with Gasteiger partial charge in [0, 0.05) is 16.4 Å². The van der Waals surface area contributed by atoms with E-state index in [9.17, 15) is 9.59 Å². The quantitative estimate of drug-likeness (QED) is 0.793. The van der Waals surface area contributed by atoms with E-state index in [1.54, 1.807) is 12.3 Å². The largest absolute Gasteiger partial charge is 0.356 e. The zero-order valence-corrected chi connectivity index (χ0v) is 13.4. The zero-order valence-electron chi connectivity index (χ0n) is 11.8. The Morgan fingerprint density at radius 1 is 1.29 bits per heavy atom. The van der Waals surface area contributed by atoms with Gasteiger partial charge in [-0.3, -0.25) is 9.59 Å². The van der Waals surface area contributed by atoms with E-state index in [4.69, 9.17) is 0 Å². The predicted molar refractivity (Wildman–Crippen MR) is 85.4 cm³/mol. The van der Waals surface area contributed by atoms with Gasteiger partial charge in [0.15, 0.2) is 0 Å². The number of benzene rings is 1. The van der Waals surface area contributed by atoms with Crippen LogP contribution < -0.4 is 10.6 Å². The maximum Gasteiger partial charge on any atom is 0.268 e. The number of aromatic amines is 1. The van der Waals surface area contributed by atoms with E-state index in [-0.39, 0.29) is 18.4 Å². The van der Waals surface area contributed by atoms with Crippen molar-refractivity contribution in [3.05, 3.63) is 51.8 Å². The number of carbonyl (C=O) groups is 2. The molecule has 21 heavy (non-hydrogen) atoms. The number of anilines is 1. The topological polar surface area (TPSA) is 74.0 Å². The molecule has 2 amide bonds. The van der Waals surface area contributed by atoms with Crippen molar-refractivity contribution in [2.75, 3.05) is 11.9 Å². The second-order valence-electron chi connectivity index (χ2n) is 4.71. The van der Waals surface area contributed by atoms with Crippen LogP contribution in [-0.4, -0.2) is 23.3 Å². The number of H-pyrrole nitrogens is 1. The van der Waals surface area contributed by atoms with Gasteiger partial charge in [0.2, 0.25) is 5.91 Å². The Hall–Kier alpha value is -2.08. The maximum absolute atomic E-state index is 11.9. The van der Waals surface area contributed by atoms with Crippen molar-refractivity contribution in [1.29, 1.82) is 0 Å². The van der Waals surface area contributed by atoms with Crippen LogP contribution in [0.4, 0.5) is 5.69 Å². The van der Waals surface area contributed by atoms with Crippen LogP contribution in [0, 0.1) is 13.8 Å². The average molecular weight is 350 g/mol. The molecule has 110 valence electrons. The van der Waals surface area contributed by atoms with Crippen LogP contribution in [-0.2, 0) is 4.79 Å². The molecule has 0 atom stereocenters. The molecule has 0 spiro atoms. The number of hydrogen-bond acceptors (Lipinski definition) is 2. The van der Waals surface area contributed by atoms with E-state index >= 15 is 0 Å². The van der Waals surface area contributed by atoms with Crippen molar-refractivity contribution >= 4 is 33.4 Å². The third-order valence-corrected chi connectivity index (χ3v) is 3.64. The summed E-state index contributed by atoms with van der Waals surface area (Å²) in [5, 5.41) is 5.35. The molecule has 0 unspecified atom stereocenters. The van der Waals surface area contributed by atoms with Gasteiger partial charge in [0.25, 0.3) is 5.91 Å². The number of carbonyl (C=O) groups excluding carboxylic acids is 2. The third kappa shape index (κ3) is 3.95. The lowest BCUT2D eigenvalue weighted by Gasteiger charge is -2.10. The second-order valence-corrected chi connectivity index (χ2v) is 5.63. The molecule has 0 aliphatic rings. The van der Waals surface area contributed by atoms with Gasteiger partial charge in [-0.25, -0.2) is 0 Å². The van der Waals surface area contributed by atoms with Gasteiger partial charge in [0.05, 0.1) is 6.54 Å². The fourth-order valence-electron chi connectivity index (χ4n) is 1.84. The summed E-state index contributed by atoms with van der Waals surface area (Å²) in [6.45, 7) is 3.85. The predicted octanol–water partition coefficient (Wildman–Crippen LogP) is 2.76. The molecule has 0 fully saturated rings. The van der Waals surface area contributed by atoms with E-state index in [1.165, 1.54) is 0 Å². The molecule has 1 heterocycles. The van der Waals surface area contributed by atoms with Crippen LogP contribution in [0.2, 0.25) is 0 Å². The molecule has 0 aliphatic carbocycles. The molecule has 6 heteroatoms. The lowest BCUT2D eigenvalue weighted by Crippen LogP contribution is -2.33. The van der Waals surface area contributed by atoms with Crippen molar-refractivity contribution in [3.63, 3.8) is 0 Å². The number of halogens is 1. The highest BCUT2D eigenvalue weighted by atomic mass is 79.9. The van der Waals surface area contributed by atoms with E-state index in [2.05, 4.69) is 31.5 Å². The minimum Gasteiger partial charge on any atom is -0.356 e. The standard InChI is InChI=1S/C15H16BrN3O2/c1-9-4-3-5-12(10(9)2)19-14(20)8-18-15(21)13-6-11(16)7-17-13/h3-7,17H,8H2,1-2H3,(H,18,21)(H,19,20). The Labute approximate surface area is 131 Å². The molecule has 1 aromatic carbocycles. The summed E-state index contributed by atoms with van der Waals surface area (Å²) in [5.41, 5.74) is 3.29. The average Bonchev–Trinajstić information content (AvgIpc) is 2.88. The summed E-state index contributed by atoms with van der Waals surface area (Å²) in [6, 6.07) is 7.35. The monoisotopic (exact) mass is 349 g/mol. The fourth-order valence-corrected chi connectivity index (χ4v) is 2.18. The SMILES string of the molecule is Cc1cccc(NC(=O)CNC(=O)c2cc(Br)c[nH]2)c1C. The zero-order chi connectivity index (χ0) is 15.4. The first-order chi connectivity index (χ1) is 9.97.